The van der Waals surface area contributed by atoms with Gasteiger partial charge in [-0.15, -0.1) is 0 Å². The topological polar surface area (TPSA) is 63.7 Å². The largest absolute Gasteiger partial charge is 0.486 e. The van der Waals surface area contributed by atoms with Gasteiger partial charge in [0.15, 0.2) is 11.6 Å². The number of benzene rings is 2. The van der Waals surface area contributed by atoms with Crippen molar-refractivity contribution in [1.82, 2.24) is 4.90 Å². The van der Waals surface area contributed by atoms with Gasteiger partial charge in [-0.05, 0) is 31.5 Å². The maximum atomic E-state index is 12.7. The maximum Gasteiger partial charge on any atom is 0.223 e. The van der Waals surface area contributed by atoms with E-state index in [9.17, 15) is 14.4 Å². The average Bonchev–Trinajstić information content (AvgIpc) is 2.74. The molecule has 0 atom stereocenters. The van der Waals surface area contributed by atoms with Gasteiger partial charge in [0.25, 0.3) is 0 Å². The average molecular weight is 440 g/mol. The van der Waals surface area contributed by atoms with Crippen molar-refractivity contribution >= 4 is 29.1 Å². The second-order valence-electron chi connectivity index (χ2n) is 8.65. The van der Waals surface area contributed by atoms with E-state index in [4.69, 9.17) is 16.3 Å². The predicted octanol–water partition coefficient (Wildman–Crippen LogP) is 4.95. The Morgan fingerprint density at radius 2 is 1.74 bits per heavy atom. The number of nitrogens with zero attached hydrogens (tertiary/aromatic N) is 1. The number of rotatable bonds is 4. The van der Waals surface area contributed by atoms with E-state index < -0.39 is 5.60 Å². The molecule has 2 heterocycles. The number of ketones is 2. The van der Waals surface area contributed by atoms with Crippen LogP contribution in [0.15, 0.2) is 36.4 Å². The van der Waals surface area contributed by atoms with Crippen LogP contribution in [-0.2, 0) is 4.79 Å². The van der Waals surface area contributed by atoms with Crippen LogP contribution >= 0.6 is 11.6 Å². The SMILES string of the molecule is Cc1ccc(C(=O)CCC(=O)N2CCC3(CC2)CC(=O)c2cc(Cl)c(C)cc2O3)cc1. The van der Waals surface area contributed by atoms with Crippen LogP contribution in [0.3, 0.4) is 0 Å². The van der Waals surface area contributed by atoms with Crippen LogP contribution in [-0.4, -0.2) is 41.1 Å². The van der Waals surface area contributed by atoms with Crippen LogP contribution in [0.25, 0.3) is 0 Å². The van der Waals surface area contributed by atoms with Gasteiger partial charge in [0.2, 0.25) is 5.91 Å². The van der Waals surface area contributed by atoms with Gasteiger partial charge in [-0.3, -0.25) is 14.4 Å². The molecular formula is C25H26ClNO4. The molecule has 2 aromatic rings. The highest BCUT2D eigenvalue weighted by Gasteiger charge is 2.43. The summed E-state index contributed by atoms with van der Waals surface area (Å²) in [6, 6.07) is 10.9. The molecule has 2 aromatic carbocycles. The first-order valence-corrected chi connectivity index (χ1v) is 11.0. The molecule has 1 fully saturated rings. The van der Waals surface area contributed by atoms with Crippen molar-refractivity contribution in [2.75, 3.05) is 13.1 Å². The summed E-state index contributed by atoms with van der Waals surface area (Å²) < 4.78 is 6.29. The fourth-order valence-corrected chi connectivity index (χ4v) is 4.48. The molecule has 0 unspecified atom stereocenters. The third-order valence-corrected chi connectivity index (χ3v) is 6.74. The van der Waals surface area contributed by atoms with Crippen molar-refractivity contribution in [2.45, 2.75) is 51.6 Å². The van der Waals surface area contributed by atoms with Crippen LogP contribution in [0.2, 0.25) is 5.02 Å². The minimum absolute atomic E-state index is 0.0197. The summed E-state index contributed by atoms with van der Waals surface area (Å²) in [6.45, 7) is 4.90. The van der Waals surface area contributed by atoms with E-state index in [2.05, 4.69) is 0 Å². The fraction of sp³-hybridized carbons (Fsp3) is 0.400. The van der Waals surface area contributed by atoms with Gasteiger partial charge in [0.1, 0.15) is 11.4 Å². The fourth-order valence-electron chi connectivity index (χ4n) is 4.32. The van der Waals surface area contributed by atoms with E-state index in [1.54, 1.807) is 23.1 Å². The Kier molecular flexibility index (Phi) is 5.89. The van der Waals surface area contributed by atoms with Crippen LogP contribution in [0.1, 0.15) is 63.9 Å². The molecular weight excluding hydrogens is 414 g/mol. The molecule has 5 nitrogen and oxygen atoms in total. The summed E-state index contributed by atoms with van der Waals surface area (Å²) in [5, 5.41) is 0.562. The van der Waals surface area contributed by atoms with E-state index in [0.717, 1.165) is 11.1 Å². The smallest absolute Gasteiger partial charge is 0.223 e. The van der Waals surface area contributed by atoms with E-state index in [-0.39, 0.29) is 30.3 Å². The van der Waals surface area contributed by atoms with Crippen molar-refractivity contribution in [3.8, 4) is 5.75 Å². The lowest BCUT2D eigenvalue weighted by Gasteiger charge is -2.44. The highest BCUT2D eigenvalue weighted by molar-refractivity contribution is 6.31. The molecule has 6 heteroatoms. The Bertz CT molecular complexity index is 1040. The van der Waals surface area contributed by atoms with Gasteiger partial charge in [0.05, 0.1) is 12.0 Å². The van der Waals surface area contributed by atoms with Gasteiger partial charge in [-0.2, -0.15) is 0 Å². The first-order chi connectivity index (χ1) is 14.8. The number of piperidine rings is 1. The molecule has 0 aromatic heterocycles. The van der Waals surface area contributed by atoms with E-state index in [1.807, 2.05) is 32.0 Å². The van der Waals surface area contributed by atoms with Crippen molar-refractivity contribution < 1.29 is 19.1 Å². The van der Waals surface area contributed by atoms with Crippen LogP contribution < -0.4 is 4.74 Å². The van der Waals surface area contributed by atoms with Gasteiger partial charge in [0, 0.05) is 49.4 Å². The first-order valence-electron chi connectivity index (χ1n) is 10.7. The lowest BCUT2D eigenvalue weighted by molar-refractivity contribution is -0.134. The van der Waals surface area contributed by atoms with E-state index >= 15 is 0 Å². The van der Waals surface area contributed by atoms with Gasteiger partial charge in [-0.25, -0.2) is 0 Å². The number of ether oxygens (including phenoxy) is 1. The minimum atomic E-state index is -0.571. The lowest BCUT2D eigenvalue weighted by Crippen LogP contribution is -2.52. The third kappa shape index (κ3) is 4.52. The summed E-state index contributed by atoms with van der Waals surface area (Å²) in [4.78, 5) is 39.5. The van der Waals surface area contributed by atoms with Crippen LogP contribution in [0.4, 0.5) is 0 Å². The number of hydrogen-bond acceptors (Lipinski definition) is 4. The number of hydrogen-bond donors (Lipinski definition) is 0. The number of carbonyl (C=O) groups is 3. The molecule has 1 spiro atoms. The Labute approximate surface area is 187 Å². The summed E-state index contributed by atoms with van der Waals surface area (Å²) in [6.07, 6.45) is 1.88. The molecule has 0 radical (unpaired) electrons. The molecule has 162 valence electrons. The van der Waals surface area contributed by atoms with Crippen LogP contribution in [0, 0.1) is 13.8 Å². The van der Waals surface area contributed by atoms with Gasteiger partial charge in [-0.1, -0.05) is 41.4 Å². The molecule has 1 saturated heterocycles. The lowest BCUT2D eigenvalue weighted by atomic mass is 9.82. The number of carbonyl (C=O) groups excluding carboxylic acids is 3. The zero-order valence-corrected chi connectivity index (χ0v) is 18.6. The number of Topliss-reactive ketones (excluding diaryl/α,β-unsaturated/α-hetero) is 2. The van der Waals surface area contributed by atoms with Crippen LogP contribution in [0.5, 0.6) is 5.75 Å². The summed E-state index contributed by atoms with van der Waals surface area (Å²) in [7, 11) is 0. The zero-order chi connectivity index (χ0) is 22.2. The maximum absolute atomic E-state index is 12.7. The standard InChI is InChI=1S/C25H26ClNO4/c1-16-3-5-18(6-4-16)21(28)7-8-24(30)27-11-9-25(10-12-27)15-22(29)19-14-20(26)17(2)13-23(19)31-25/h3-6,13-14H,7-12,15H2,1-2H3. The molecule has 0 bridgehead atoms. The Balaban J connectivity index is 1.34. The number of fused-ring (bicyclic) bond motifs is 1. The molecule has 0 aliphatic carbocycles. The quantitative estimate of drug-likeness (QED) is 0.632. The van der Waals surface area contributed by atoms with Crippen molar-refractivity contribution in [1.29, 1.82) is 0 Å². The molecule has 0 N–H and O–H groups in total. The first kappa shape index (κ1) is 21.6. The van der Waals surface area contributed by atoms with Gasteiger partial charge < -0.3 is 9.64 Å². The number of halogens is 1. The summed E-state index contributed by atoms with van der Waals surface area (Å²) in [5.74, 6) is 0.572. The predicted molar refractivity (Wildman–Crippen MR) is 119 cm³/mol. The molecule has 2 aliphatic rings. The minimum Gasteiger partial charge on any atom is -0.486 e. The van der Waals surface area contributed by atoms with Crippen molar-refractivity contribution in [3.63, 3.8) is 0 Å². The summed E-state index contributed by atoms with van der Waals surface area (Å²) in [5.41, 5.74) is 2.57. The Hall–Kier alpha value is -2.66. The van der Waals surface area contributed by atoms with E-state index in [0.29, 0.717) is 54.3 Å². The van der Waals surface area contributed by atoms with Crippen molar-refractivity contribution in [3.05, 3.63) is 63.7 Å². The number of amides is 1. The Morgan fingerprint density at radius 3 is 2.42 bits per heavy atom. The van der Waals surface area contributed by atoms with Gasteiger partial charge >= 0.3 is 0 Å². The molecule has 4 rings (SSSR count). The molecule has 2 aliphatic heterocycles. The molecule has 31 heavy (non-hydrogen) atoms. The Morgan fingerprint density at radius 1 is 1.06 bits per heavy atom. The molecule has 0 saturated carbocycles. The third-order valence-electron chi connectivity index (χ3n) is 6.34. The summed E-state index contributed by atoms with van der Waals surface area (Å²) >= 11 is 6.16. The monoisotopic (exact) mass is 439 g/mol. The van der Waals surface area contributed by atoms with Crippen molar-refractivity contribution in [2.24, 2.45) is 0 Å². The number of aryl methyl sites for hydroxylation is 2. The highest BCUT2D eigenvalue weighted by atomic mass is 35.5. The zero-order valence-electron chi connectivity index (χ0n) is 17.9. The molecule has 1 amide bonds. The second-order valence-corrected chi connectivity index (χ2v) is 9.06. The van der Waals surface area contributed by atoms with E-state index in [1.165, 1.54) is 0 Å². The normalized spacial score (nSPS) is 17.3. The number of likely N-dealkylation sites (tertiary alicyclic amines) is 1. The highest BCUT2D eigenvalue weighted by Crippen LogP contribution is 2.41. The second kappa shape index (κ2) is 8.46.